The van der Waals surface area contributed by atoms with Gasteiger partial charge in [0, 0.05) is 29.4 Å². The Balaban J connectivity index is 1.74. The SMILES string of the molecule is CN(C)CCN(c1ccc(N/C(=C2\C(=O)Nc3cc(Cl)ccc32)c2cccs2)cc1F)S(C)(=O)=O. The van der Waals surface area contributed by atoms with Crippen molar-refractivity contribution >= 4 is 67.2 Å². The van der Waals surface area contributed by atoms with E-state index in [-0.39, 0.29) is 18.1 Å². The van der Waals surface area contributed by atoms with Crippen molar-refractivity contribution in [3.63, 3.8) is 0 Å². The van der Waals surface area contributed by atoms with E-state index < -0.39 is 15.8 Å². The van der Waals surface area contributed by atoms with Crippen LogP contribution in [0.2, 0.25) is 5.02 Å². The van der Waals surface area contributed by atoms with Crippen LogP contribution in [0.3, 0.4) is 0 Å². The molecule has 3 aromatic rings. The minimum absolute atomic E-state index is 0.0381. The summed E-state index contributed by atoms with van der Waals surface area (Å²) < 4.78 is 40.9. The molecule has 1 aliphatic heterocycles. The Morgan fingerprint density at radius 2 is 1.91 bits per heavy atom. The minimum Gasteiger partial charge on any atom is -0.354 e. The van der Waals surface area contributed by atoms with E-state index in [1.165, 1.54) is 23.5 Å². The number of rotatable bonds is 8. The molecule has 184 valence electrons. The molecule has 0 aliphatic carbocycles. The van der Waals surface area contributed by atoms with Crippen LogP contribution in [-0.4, -0.2) is 52.7 Å². The summed E-state index contributed by atoms with van der Waals surface area (Å²) in [4.78, 5) is 15.5. The fourth-order valence-corrected chi connectivity index (χ4v) is 5.57. The fourth-order valence-electron chi connectivity index (χ4n) is 3.75. The molecule has 11 heteroatoms. The highest BCUT2D eigenvalue weighted by atomic mass is 35.5. The first kappa shape index (κ1) is 25.2. The zero-order valence-electron chi connectivity index (χ0n) is 19.3. The first-order valence-corrected chi connectivity index (χ1v) is 13.7. The summed E-state index contributed by atoms with van der Waals surface area (Å²) in [5, 5.41) is 8.39. The lowest BCUT2D eigenvalue weighted by Gasteiger charge is -2.25. The third-order valence-corrected chi connectivity index (χ3v) is 7.68. The second kappa shape index (κ2) is 9.98. The lowest BCUT2D eigenvalue weighted by Crippen LogP contribution is -2.36. The Morgan fingerprint density at radius 1 is 1.14 bits per heavy atom. The second-order valence-electron chi connectivity index (χ2n) is 8.30. The van der Waals surface area contributed by atoms with Crippen LogP contribution in [0.25, 0.3) is 11.3 Å². The van der Waals surface area contributed by atoms with Crippen LogP contribution in [0.15, 0.2) is 53.9 Å². The number of sulfonamides is 1. The van der Waals surface area contributed by atoms with E-state index in [0.29, 0.717) is 39.8 Å². The van der Waals surface area contributed by atoms with Crippen LogP contribution in [0.5, 0.6) is 0 Å². The molecule has 0 spiro atoms. The highest BCUT2D eigenvalue weighted by Gasteiger charge is 2.29. The predicted molar refractivity (Wildman–Crippen MR) is 142 cm³/mol. The number of hydrogen-bond acceptors (Lipinski definition) is 6. The smallest absolute Gasteiger partial charge is 0.258 e. The molecule has 4 rings (SSSR count). The van der Waals surface area contributed by atoms with Gasteiger partial charge in [-0.05, 0) is 55.9 Å². The van der Waals surface area contributed by atoms with Gasteiger partial charge in [-0.3, -0.25) is 9.10 Å². The third kappa shape index (κ3) is 5.51. The van der Waals surface area contributed by atoms with Crippen molar-refractivity contribution < 1.29 is 17.6 Å². The van der Waals surface area contributed by atoms with Crippen molar-refractivity contribution in [2.75, 3.05) is 48.4 Å². The van der Waals surface area contributed by atoms with Gasteiger partial charge in [-0.25, -0.2) is 12.8 Å². The number of benzene rings is 2. The summed E-state index contributed by atoms with van der Waals surface area (Å²) in [6.07, 6.45) is 1.05. The van der Waals surface area contributed by atoms with Gasteiger partial charge in [0.1, 0.15) is 5.82 Å². The Labute approximate surface area is 212 Å². The van der Waals surface area contributed by atoms with Crippen LogP contribution < -0.4 is 14.9 Å². The molecule has 1 aromatic heterocycles. The number of hydrogen-bond donors (Lipinski definition) is 2. The molecular weight excluding hydrogens is 511 g/mol. The first-order chi connectivity index (χ1) is 16.5. The average molecular weight is 535 g/mol. The van der Waals surface area contributed by atoms with Crippen LogP contribution >= 0.6 is 22.9 Å². The van der Waals surface area contributed by atoms with Gasteiger partial charge in [0.15, 0.2) is 0 Å². The van der Waals surface area contributed by atoms with Gasteiger partial charge >= 0.3 is 0 Å². The number of amides is 1. The number of nitrogens with zero attached hydrogens (tertiary/aromatic N) is 2. The van der Waals surface area contributed by atoms with Crippen molar-refractivity contribution in [2.45, 2.75) is 0 Å². The van der Waals surface area contributed by atoms with Gasteiger partial charge in [0.05, 0.1) is 33.8 Å². The van der Waals surface area contributed by atoms with Gasteiger partial charge in [0.25, 0.3) is 5.91 Å². The van der Waals surface area contributed by atoms with Crippen LogP contribution in [0.4, 0.5) is 21.5 Å². The number of carbonyl (C=O) groups is 1. The maximum atomic E-state index is 15.2. The molecule has 0 bridgehead atoms. The van der Waals surface area contributed by atoms with Gasteiger partial charge in [-0.15, -0.1) is 11.3 Å². The van der Waals surface area contributed by atoms with E-state index >= 15 is 4.39 Å². The zero-order chi connectivity index (χ0) is 25.3. The standard InChI is InChI=1S/C24H24ClFN4O3S2/c1-29(2)10-11-30(35(3,32)33)20-9-7-16(14-18(20)26)27-23(21-5-4-12-34-21)22-17-8-6-15(25)13-19(17)28-24(22)31/h4-9,12-14,27H,10-11H2,1-3H3,(H,28,31)/b23-22-. The van der Waals surface area contributed by atoms with Crippen molar-refractivity contribution in [3.8, 4) is 0 Å². The van der Waals surface area contributed by atoms with E-state index in [1.807, 2.05) is 36.5 Å². The topological polar surface area (TPSA) is 81.8 Å². The maximum absolute atomic E-state index is 15.2. The highest BCUT2D eigenvalue weighted by molar-refractivity contribution is 7.92. The normalized spacial score (nSPS) is 14.6. The molecule has 0 radical (unpaired) electrons. The van der Waals surface area contributed by atoms with Crippen LogP contribution in [0, 0.1) is 5.82 Å². The summed E-state index contributed by atoms with van der Waals surface area (Å²) in [6.45, 7) is 0.541. The number of fused-ring (bicyclic) bond motifs is 1. The minimum atomic E-state index is -3.69. The summed E-state index contributed by atoms with van der Waals surface area (Å²) in [5.74, 6) is -1.00. The second-order valence-corrected chi connectivity index (χ2v) is 11.6. The molecule has 2 heterocycles. The molecule has 0 atom stereocenters. The summed E-state index contributed by atoms with van der Waals surface area (Å²) in [6, 6.07) is 13.1. The summed E-state index contributed by atoms with van der Waals surface area (Å²) in [5.41, 5.74) is 2.53. The molecule has 2 N–H and O–H groups in total. The molecule has 35 heavy (non-hydrogen) atoms. The summed E-state index contributed by atoms with van der Waals surface area (Å²) >= 11 is 7.51. The van der Waals surface area contributed by atoms with Crippen molar-refractivity contribution in [1.29, 1.82) is 0 Å². The fraction of sp³-hybridized carbons (Fsp3) is 0.208. The number of anilines is 3. The molecule has 1 amide bonds. The van der Waals surface area contributed by atoms with E-state index in [2.05, 4.69) is 10.6 Å². The Bertz CT molecular complexity index is 1410. The maximum Gasteiger partial charge on any atom is 0.258 e. The Morgan fingerprint density at radius 3 is 2.54 bits per heavy atom. The molecule has 1 aliphatic rings. The molecule has 2 aromatic carbocycles. The van der Waals surface area contributed by atoms with Gasteiger partial charge in [-0.2, -0.15) is 0 Å². The van der Waals surface area contributed by atoms with Crippen LogP contribution in [0.1, 0.15) is 10.4 Å². The molecule has 0 unspecified atom stereocenters. The zero-order valence-corrected chi connectivity index (χ0v) is 21.7. The van der Waals surface area contributed by atoms with Crippen molar-refractivity contribution in [2.24, 2.45) is 0 Å². The largest absolute Gasteiger partial charge is 0.354 e. The highest BCUT2D eigenvalue weighted by Crippen LogP contribution is 2.40. The lowest BCUT2D eigenvalue weighted by atomic mass is 10.0. The number of likely N-dealkylation sites (N-methyl/N-ethyl adjacent to an activating group) is 1. The number of thiophene rings is 1. The average Bonchev–Trinajstić information content (AvgIpc) is 3.40. The van der Waals surface area contributed by atoms with E-state index in [9.17, 15) is 13.2 Å². The molecule has 7 nitrogen and oxygen atoms in total. The Hall–Kier alpha value is -2.92. The van der Waals surface area contributed by atoms with Crippen molar-refractivity contribution in [3.05, 3.63) is 75.2 Å². The van der Waals surface area contributed by atoms with Crippen LogP contribution in [-0.2, 0) is 14.8 Å². The third-order valence-electron chi connectivity index (χ3n) is 5.38. The number of halogens is 2. The number of nitrogens with one attached hydrogen (secondary N) is 2. The first-order valence-electron chi connectivity index (χ1n) is 10.6. The molecule has 0 saturated heterocycles. The quantitative estimate of drug-likeness (QED) is 0.406. The van der Waals surface area contributed by atoms with E-state index in [4.69, 9.17) is 11.6 Å². The van der Waals surface area contributed by atoms with Gasteiger partial charge in [-0.1, -0.05) is 23.7 Å². The molecular formula is C24H24ClFN4O3S2. The van der Waals surface area contributed by atoms with Gasteiger partial charge < -0.3 is 15.5 Å². The van der Waals surface area contributed by atoms with E-state index in [0.717, 1.165) is 15.4 Å². The molecule has 0 saturated carbocycles. The Kier molecular flexibility index (Phi) is 7.18. The number of carbonyl (C=O) groups excluding carboxylic acids is 1. The predicted octanol–water partition coefficient (Wildman–Crippen LogP) is 4.80. The monoisotopic (exact) mass is 534 g/mol. The summed E-state index contributed by atoms with van der Waals surface area (Å²) in [7, 11) is -0.0616. The molecule has 0 fully saturated rings. The van der Waals surface area contributed by atoms with Crippen molar-refractivity contribution in [1.82, 2.24) is 4.90 Å². The van der Waals surface area contributed by atoms with E-state index in [1.54, 1.807) is 24.3 Å². The lowest BCUT2D eigenvalue weighted by molar-refractivity contribution is -0.110. The van der Waals surface area contributed by atoms with Gasteiger partial charge in [0.2, 0.25) is 10.0 Å².